The van der Waals surface area contributed by atoms with Crippen molar-refractivity contribution in [1.29, 1.82) is 0 Å². The molecule has 0 aliphatic carbocycles. The van der Waals surface area contributed by atoms with E-state index in [-0.39, 0.29) is 0 Å². The third kappa shape index (κ3) is 4.56. The summed E-state index contributed by atoms with van der Waals surface area (Å²) >= 11 is 0. The van der Waals surface area contributed by atoms with Crippen molar-refractivity contribution in [2.45, 2.75) is 33.4 Å². The number of hydrazine groups is 1. The molecule has 0 amide bonds. The van der Waals surface area contributed by atoms with Crippen molar-refractivity contribution in [3.8, 4) is 0 Å². The summed E-state index contributed by atoms with van der Waals surface area (Å²) in [4.78, 5) is 11.0. The summed E-state index contributed by atoms with van der Waals surface area (Å²) in [7, 11) is 1.71. The first-order chi connectivity index (χ1) is 8.56. The minimum absolute atomic E-state index is 0.415. The first-order valence-corrected chi connectivity index (χ1v) is 6.11. The average molecular weight is 253 g/mol. The molecule has 1 heterocycles. The molecule has 18 heavy (non-hydrogen) atoms. The largest absolute Gasteiger partial charge is 0.383 e. The van der Waals surface area contributed by atoms with E-state index >= 15 is 0 Å². The standard InChI is InChI=1S/C12H23N5O/c1-9(2)17(5-6-18-4)8-12-14-10(3)7-11(15-12)16-13/h7,9H,5-6,8,13H2,1-4H3,(H,14,15,16). The molecule has 0 spiro atoms. The Morgan fingerprint density at radius 3 is 2.72 bits per heavy atom. The van der Waals surface area contributed by atoms with E-state index in [1.54, 1.807) is 7.11 Å². The number of aromatic nitrogens is 2. The number of nitrogen functional groups attached to an aromatic ring is 1. The third-order valence-corrected chi connectivity index (χ3v) is 2.71. The molecule has 0 saturated carbocycles. The third-order valence-electron chi connectivity index (χ3n) is 2.71. The van der Waals surface area contributed by atoms with Crippen LogP contribution in [0.3, 0.4) is 0 Å². The molecule has 6 heteroatoms. The van der Waals surface area contributed by atoms with E-state index < -0.39 is 0 Å². The summed E-state index contributed by atoms with van der Waals surface area (Å²) in [6, 6.07) is 2.23. The lowest BCUT2D eigenvalue weighted by atomic mass is 10.3. The Labute approximate surface area is 109 Å². The van der Waals surface area contributed by atoms with Gasteiger partial charge < -0.3 is 10.2 Å². The van der Waals surface area contributed by atoms with Crippen LogP contribution in [0, 0.1) is 6.92 Å². The van der Waals surface area contributed by atoms with Crippen LogP contribution in [0.5, 0.6) is 0 Å². The summed E-state index contributed by atoms with van der Waals surface area (Å²) in [5.74, 6) is 6.80. The van der Waals surface area contributed by atoms with Crippen molar-refractivity contribution < 1.29 is 4.74 Å². The normalized spacial score (nSPS) is 11.3. The lowest BCUT2D eigenvalue weighted by molar-refractivity contribution is 0.123. The topological polar surface area (TPSA) is 76.3 Å². The van der Waals surface area contributed by atoms with Crippen molar-refractivity contribution in [1.82, 2.24) is 14.9 Å². The van der Waals surface area contributed by atoms with Crippen LogP contribution in [0.1, 0.15) is 25.4 Å². The molecule has 1 aromatic rings. The Balaban J connectivity index is 2.76. The summed E-state index contributed by atoms with van der Waals surface area (Å²) in [6.07, 6.45) is 0. The number of hydrogen-bond donors (Lipinski definition) is 2. The maximum atomic E-state index is 5.38. The average Bonchev–Trinajstić information content (AvgIpc) is 2.33. The SMILES string of the molecule is COCCN(Cc1nc(C)cc(NN)n1)C(C)C. The molecule has 1 rings (SSSR count). The molecular weight excluding hydrogens is 230 g/mol. The van der Waals surface area contributed by atoms with Crippen molar-refractivity contribution in [3.63, 3.8) is 0 Å². The summed E-state index contributed by atoms with van der Waals surface area (Å²) < 4.78 is 5.11. The molecule has 0 fully saturated rings. The van der Waals surface area contributed by atoms with E-state index in [9.17, 15) is 0 Å². The lowest BCUT2D eigenvalue weighted by Crippen LogP contribution is -2.34. The Bertz CT molecular complexity index is 369. The van der Waals surface area contributed by atoms with Crippen molar-refractivity contribution >= 4 is 5.82 Å². The van der Waals surface area contributed by atoms with Gasteiger partial charge in [-0.05, 0) is 20.8 Å². The second kappa shape index (κ2) is 7.25. The van der Waals surface area contributed by atoms with Gasteiger partial charge in [0.15, 0.2) is 0 Å². The Hall–Kier alpha value is -1.24. The summed E-state index contributed by atoms with van der Waals surface area (Å²) in [5, 5.41) is 0. The number of anilines is 1. The van der Waals surface area contributed by atoms with Gasteiger partial charge in [-0.15, -0.1) is 0 Å². The van der Waals surface area contributed by atoms with Crippen LogP contribution in [0.2, 0.25) is 0 Å². The van der Waals surface area contributed by atoms with Gasteiger partial charge in [0, 0.05) is 31.5 Å². The van der Waals surface area contributed by atoms with E-state index in [1.807, 2.05) is 13.0 Å². The quantitative estimate of drug-likeness (QED) is 0.556. The number of methoxy groups -OCH3 is 1. The first-order valence-electron chi connectivity index (χ1n) is 6.11. The fraction of sp³-hybridized carbons (Fsp3) is 0.667. The van der Waals surface area contributed by atoms with Gasteiger partial charge in [0.2, 0.25) is 0 Å². The number of nitrogens with zero attached hydrogens (tertiary/aromatic N) is 3. The number of nitrogens with one attached hydrogen (secondary N) is 1. The highest BCUT2D eigenvalue weighted by atomic mass is 16.5. The predicted octanol–water partition coefficient (Wildman–Crippen LogP) is 0.927. The predicted molar refractivity (Wildman–Crippen MR) is 72.0 cm³/mol. The number of nitrogens with two attached hydrogens (primary N) is 1. The van der Waals surface area contributed by atoms with Crippen LogP contribution < -0.4 is 11.3 Å². The molecule has 3 N–H and O–H groups in total. The number of hydrogen-bond acceptors (Lipinski definition) is 6. The molecule has 102 valence electrons. The van der Waals surface area contributed by atoms with Gasteiger partial charge in [0.25, 0.3) is 0 Å². The smallest absolute Gasteiger partial charge is 0.145 e. The summed E-state index contributed by atoms with van der Waals surface area (Å²) in [5.41, 5.74) is 3.47. The van der Waals surface area contributed by atoms with Gasteiger partial charge in [-0.3, -0.25) is 4.90 Å². The maximum Gasteiger partial charge on any atom is 0.145 e. The highest BCUT2D eigenvalue weighted by Gasteiger charge is 2.12. The number of ether oxygens (including phenoxy) is 1. The number of rotatable bonds is 7. The first kappa shape index (κ1) is 14.8. The van der Waals surface area contributed by atoms with Crippen molar-refractivity contribution in [2.24, 2.45) is 5.84 Å². The molecule has 0 unspecified atom stereocenters. The second-order valence-electron chi connectivity index (χ2n) is 4.51. The molecule has 0 aliphatic rings. The van der Waals surface area contributed by atoms with Crippen LogP contribution in [0.4, 0.5) is 5.82 Å². The minimum Gasteiger partial charge on any atom is -0.383 e. The van der Waals surface area contributed by atoms with E-state index in [2.05, 4.69) is 34.1 Å². The van der Waals surface area contributed by atoms with Gasteiger partial charge >= 0.3 is 0 Å². The zero-order valence-corrected chi connectivity index (χ0v) is 11.6. The van der Waals surface area contributed by atoms with Gasteiger partial charge in [-0.2, -0.15) is 0 Å². The monoisotopic (exact) mass is 253 g/mol. The van der Waals surface area contributed by atoms with Crippen LogP contribution in [-0.4, -0.2) is 41.2 Å². The van der Waals surface area contributed by atoms with Crippen LogP contribution in [-0.2, 0) is 11.3 Å². The lowest BCUT2D eigenvalue weighted by Gasteiger charge is -2.25. The Morgan fingerprint density at radius 1 is 1.44 bits per heavy atom. The number of aryl methyl sites for hydroxylation is 1. The van der Waals surface area contributed by atoms with E-state index in [0.717, 1.165) is 18.1 Å². The van der Waals surface area contributed by atoms with Gasteiger partial charge in [-0.1, -0.05) is 0 Å². The van der Waals surface area contributed by atoms with Crippen molar-refractivity contribution in [3.05, 3.63) is 17.6 Å². The molecule has 0 radical (unpaired) electrons. The van der Waals surface area contributed by atoms with Gasteiger partial charge in [-0.25, -0.2) is 15.8 Å². The Kier molecular flexibility index (Phi) is 5.97. The highest BCUT2D eigenvalue weighted by Crippen LogP contribution is 2.09. The van der Waals surface area contributed by atoms with E-state index in [4.69, 9.17) is 10.6 Å². The molecule has 0 atom stereocenters. The molecule has 0 bridgehead atoms. The fourth-order valence-corrected chi connectivity index (χ4v) is 1.68. The van der Waals surface area contributed by atoms with Crippen LogP contribution in [0.25, 0.3) is 0 Å². The van der Waals surface area contributed by atoms with Crippen LogP contribution in [0.15, 0.2) is 6.07 Å². The molecule has 0 aliphatic heterocycles. The maximum absolute atomic E-state index is 5.38. The minimum atomic E-state index is 0.415. The van der Waals surface area contributed by atoms with Gasteiger partial charge in [0.1, 0.15) is 11.6 Å². The second-order valence-corrected chi connectivity index (χ2v) is 4.51. The van der Waals surface area contributed by atoms with Crippen LogP contribution >= 0.6 is 0 Å². The van der Waals surface area contributed by atoms with Crippen molar-refractivity contribution in [2.75, 3.05) is 25.7 Å². The van der Waals surface area contributed by atoms with E-state index in [1.165, 1.54) is 0 Å². The summed E-state index contributed by atoms with van der Waals surface area (Å²) in [6.45, 7) is 8.47. The molecule has 1 aromatic heterocycles. The van der Waals surface area contributed by atoms with E-state index in [0.29, 0.717) is 25.0 Å². The van der Waals surface area contributed by atoms with Gasteiger partial charge in [0.05, 0.1) is 13.2 Å². The molecule has 0 aromatic carbocycles. The molecule has 6 nitrogen and oxygen atoms in total. The molecule has 0 saturated heterocycles. The fourth-order valence-electron chi connectivity index (χ4n) is 1.68. The zero-order chi connectivity index (χ0) is 13.5. The highest BCUT2D eigenvalue weighted by molar-refractivity contribution is 5.33. The molecular formula is C12H23N5O. The zero-order valence-electron chi connectivity index (χ0n) is 11.6. The Morgan fingerprint density at radius 2 is 2.17 bits per heavy atom.